The molecule has 2 aromatic carbocycles. The first-order chi connectivity index (χ1) is 12.2. The van der Waals surface area contributed by atoms with E-state index in [1.54, 1.807) is 24.3 Å². The molecule has 0 saturated carbocycles. The minimum Gasteiger partial charge on any atom is -0.495 e. The van der Waals surface area contributed by atoms with Crippen molar-refractivity contribution in [2.45, 2.75) is 17.9 Å². The number of amides is 1. The number of sulfonamides is 1. The van der Waals surface area contributed by atoms with Gasteiger partial charge in [-0.3, -0.25) is 9.52 Å². The predicted octanol–water partition coefficient (Wildman–Crippen LogP) is 1.53. The molecule has 138 valence electrons. The normalized spacial score (nSPS) is 12.1. The minimum absolute atomic E-state index is 0.0269. The van der Waals surface area contributed by atoms with Gasteiger partial charge in [0.25, 0.3) is 15.9 Å². The third kappa shape index (κ3) is 4.51. The summed E-state index contributed by atoms with van der Waals surface area (Å²) in [5, 5.41) is 0. The number of esters is 1. The van der Waals surface area contributed by atoms with Gasteiger partial charge in [-0.15, -0.1) is 0 Å². The highest BCUT2D eigenvalue weighted by Gasteiger charge is 2.20. The van der Waals surface area contributed by atoms with Crippen molar-refractivity contribution in [2.24, 2.45) is 5.73 Å². The van der Waals surface area contributed by atoms with E-state index in [0.717, 1.165) is 6.07 Å². The zero-order valence-electron chi connectivity index (χ0n) is 14.1. The number of benzene rings is 2. The molecule has 2 rings (SSSR count). The number of primary amides is 1. The predicted molar refractivity (Wildman–Crippen MR) is 94.3 cm³/mol. The average Bonchev–Trinajstić information content (AvgIpc) is 2.61. The average molecular weight is 378 g/mol. The Labute approximate surface area is 151 Å². The van der Waals surface area contributed by atoms with Crippen LogP contribution in [0.2, 0.25) is 0 Å². The van der Waals surface area contributed by atoms with Crippen LogP contribution in [-0.2, 0) is 19.6 Å². The lowest BCUT2D eigenvalue weighted by atomic mass is 10.2. The number of carbonyl (C=O) groups excluding carboxylic acids is 2. The molecule has 1 atom stereocenters. The van der Waals surface area contributed by atoms with Gasteiger partial charge < -0.3 is 15.2 Å². The Bertz CT molecular complexity index is 926. The number of hydrogen-bond donors (Lipinski definition) is 2. The lowest BCUT2D eigenvalue weighted by Crippen LogP contribution is -2.30. The lowest BCUT2D eigenvalue weighted by Gasteiger charge is -2.13. The van der Waals surface area contributed by atoms with Crippen molar-refractivity contribution < 1.29 is 27.5 Å². The molecule has 0 aliphatic heterocycles. The van der Waals surface area contributed by atoms with Gasteiger partial charge in [-0.25, -0.2) is 13.2 Å². The van der Waals surface area contributed by atoms with E-state index in [1.807, 2.05) is 0 Å². The first-order valence-electron chi connectivity index (χ1n) is 7.51. The fourth-order valence-corrected chi connectivity index (χ4v) is 3.13. The summed E-state index contributed by atoms with van der Waals surface area (Å²) < 4.78 is 37.5. The van der Waals surface area contributed by atoms with Gasteiger partial charge in [0.2, 0.25) is 0 Å². The van der Waals surface area contributed by atoms with Gasteiger partial charge in [0.1, 0.15) is 5.75 Å². The molecule has 0 aromatic heterocycles. The maximum Gasteiger partial charge on any atom is 0.338 e. The smallest absolute Gasteiger partial charge is 0.338 e. The molecule has 0 unspecified atom stereocenters. The summed E-state index contributed by atoms with van der Waals surface area (Å²) in [5.74, 6) is -1.31. The van der Waals surface area contributed by atoms with Gasteiger partial charge in [0.05, 0.1) is 23.3 Å². The first-order valence-corrected chi connectivity index (χ1v) is 8.99. The molecule has 9 heteroatoms. The lowest BCUT2D eigenvalue weighted by molar-refractivity contribution is -0.125. The van der Waals surface area contributed by atoms with E-state index in [-0.39, 0.29) is 16.1 Å². The van der Waals surface area contributed by atoms with Gasteiger partial charge in [-0.1, -0.05) is 18.2 Å². The molecule has 0 radical (unpaired) electrons. The summed E-state index contributed by atoms with van der Waals surface area (Å²) in [7, 11) is -2.56. The molecule has 0 aliphatic carbocycles. The molecule has 0 saturated heterocycles. The van der Waals surface area contributed by atoms with E-state index in [0.29, 0.717) is 5.75 Å². The standard InChI is InChI=1S/C17H18N2O6S/c1-11(16(18)20)25-17(21)12-6-5-7-13(10-12)26(22,23)19-14-8-3-4-9-15(14)24-2/h3-11,19H,1-2H3,(H2,18,20)/t11-/m0/s1. The number of methoxy groups -OCH3 is 1. The zero-order valence-corrected chi connectivity index (χ0v) is 14.9. The van der Waals surface area contributed by atoms with E-state index in [4.69, 9.17) is 15.2 Å². The fourth-order valence-electron chi connectivity index (χ4n) is 2.01. The second-order valence-electron chi connectivity index (χ2n) is 5.28. The molecule has 2 aromatic rings. The van der Waals surface area contributed by atoms with E-state index < -0.39 is 28.0 Å². The Balaban J connectivity index is 2.28. The van der Waals surface area contributed by atoms with Crippen LogP contribution in [0.15, 0.2) is 53.4 Å². The van der Waals surface area contributed by atoms with Gasteiger partial charge in [-0.2, -0.15) is 0 Å². The monoisotopic (exact) mass is 378 g/mol. The van der Waals surface area contributed by atoms with Crippen LogP contribution in [0, 0.1) is 0 Å². The van der Waals surface area contributed by atoms with E-state index >= 15 is 0 Å². The van der Waals surface area contributed by atoms with Crippen LogP contribution in [0.25, 0.3) is 0 Å². The molecule has 0 spiro atoms. The Morgan fingerprint density at radius 2 is 1.81 bits per heavy atom. The van der Waals surface area contributed by atoms with E-state index in [9.17, 15) is 18.0 Å². The van der Waals surface area contributed by atoms with Crippen molar-refractivity contribution >= 4 is 27.6 Å². The Morgan fingerprint density at radius 1 is 1.12 bits per heavy atom. The molecule has 0 fully saturated rings. The van der Waals surface area contributed by atoms with Gasteiger partial charge in [0.15, 0.2) is 6.10 Å². The Kier molecular flexibility index (Phi) is 5.83. The van der Waals surface area contributed by atoms with Crippen LogP contribution in [-0.4, -0.2) is 33.5 Å². The minimum atomic E-state index is -3.98. The molecule has 3 N–H and O–H groups in total. The first kappa shape index (κ1) is 19.3. The van der Waals surface area contributed by atoms with Crippen LogP contribution in [0.5, 0.6) is 5.75 Å². The number of para-hydroxylation sites is 2. The summed E-state index contributed by atoms with van der Waals surface area (Å²) >= 11 is 0. The van der Waals surface area contributed by atoms with Gasteiger partial charge in [-0.05, 0) is 37.3 Å². The second kappa shape index (κ2) is 7.87. The number of anilines is 1. The maximum atomic E-state index is 12.6. The summed E-state index contributed by atoms with van der Waals surface area (Å²) in [6.45, 7) is 1.32. The molecule has 0 heterocycles. The highest BCUT2D eigenvalue weighted by atomic mass is 32.2. The SMILES string of the molecule is COc1ccccc1NS(=O)(=O)c1cccc(C(=O)O[C@@H](C)C(N)=O)c1. The fraction of sp³-hybridized carbons (Fsp3) is 0.176. The van der Waals surface area contributed by atoms with Crippen molar-refractivity contribution in [3.8, 4) is 5.75 Å². The number of hydrogen-bond acceptors (Lipinski definition) is 6. The van der Waals surface area contributed by atoms with Crippen molar-refractivity contribution in [3.63, 3.8) is 0 Å². The van der Waals surface area contributed by atoms with Crippen molar-refractivity contribution in [1.82, 2.24) is 0 Å². The number of nitrogens with two attached hydrogens (primary N) is 1. The highest BCUT2D eigenvalue weighted by molar-refractivity contribution is 7.92. The molecule has 8 nitrogen and oxygen atoms in total. The molecular weight excluding hydrogens is 360 g/mol. The molecular formula is C17H18N2O6S. The summed E-state index contributed by atoms with van der Waals surface area (Å²) in [6.07, 6.45) is -1.13. The van der Waals surface area contributed by atoms with Crippen LogP contribution < -0.4 is 15.2 Å². The number of ether oxygens (including phenoxy) is 2. The third-order valence-electron chi connectivity index (χ3n) is 3.42. The van der Waals surface area contributed by atoms with Crippen molar-refractivity contribution in [1.29, 1.82) is 0 Å². The van der Waals surface area contributed by atoms with Gasteiger partial charge >= 0.3 is 5.97 Å². The third-order valence-corrected chi connectivity index (χ3v) is 4.78. The quantitative estimate of drug-likeness (QED) is 0.704. The maximum absolute atomic E-state index is 12.6. The molecule has 1 amide bonds. The summed E-state index contributed by atoms with van der Waals surface area (Å²) in [6, 6.07) is 11.7. The number of carbonyl (C=O) groups is 2. The molecule has 26 heavy (non-hydrogen) atoms. The molecule has 0 bridgehead atoms. The van der Waals surface area contributed by atoms with Crippen LogP contribution in [0.1, 0.15) is 17.3 Å². The van der Waals surface area contributed by atoms with Crippen LogP contribution >= 0.6 is 0 Å². The second-order valence-corrected chi connectivity index (χ2v) is 6.97. The van der Waals surface area contributed by atoms with Crippen molar-refractivity contribution in [3.05, 3.63) is 54.1 Å². The number of rotatable bonds is 7. The number of nitrogens with one attached hydrogen (secondary N) is 1. The van der Waals surface area contributed by atoms with E-state index in [2.05, 4.69) is 4.72 Å². The zero-order chi connectivity index (χ0) is 19.3. The Morgan fingerprint density at radius 3 is 2.46 bits per heavy atom. The van der Waals surface area contributed by atoms with Crippen LogP contribution in [0.3, 0.4) is 0 Å². The van der Waals surface area contributed by atoms with Crippen molar-refractivity contribution in [2.75, 3.05) is 11.8 Å². The topological polar surface area (TPSA) is 125 Å². The Hall–Kier alpha value is -3.07. The summed E-state index contributed by atoms with van der Waals surface area (Å²) in [5.41, 5.74) is 5.27. The molecule has 0 aliphatic rings. The largest absolute Gasteiger partial charge is 0.495 e. The highest BCUT2D eigenvalue weighted by Crippen LogP contribution is 2.26. The van der Waals surface area contributed by atoms with Gasteiger partial charge in [0, 0.05) is 0 Å². The summed E-state index contributed by atoms with van der Waals surface area (Å²) in [4.78, 5) is 22.9. The van der Waals surface area contributed by atoms with E-state index in [1.165, 1.54) is 32.2 Å². The van der Waals surface area contributed by atoms with Crippen LogP contribution in [0.4, 0.5) is 5.69 Å².